The molecular formula is C24H30F3N3O. The van der Waals surface area contributed by atoms with Gasteiger partial charge in [-0.1, -0.05) is 6.92 Å². The van der Waals surface area contributed by atoms with Crippen LogP contribution in [0.3, 0.4) is 0 Å². The molecule has 1 aromatic carbocycles. The van der Waals surface area contributed by atoms with Gasteiger partial charge in [0.15, 0.2) is 0 Å². The summed E-state index contributed by atoms with van der Waals surface area (Å²) in [5, 5.41) is 6.51. The summed E-state index contributed by atoms with van der Waals surface area (Å²) in [7, 11) is 1.51. The maximum atomic E-state index is 15.0. The molecule has 0 aliphatic carbocycles. The third-order valence-corrected chi connectivity index (χ3v) is 5.61. The number of aromatic nitrogens is 1. The Morgan fingerprint density at radius 3 is 2.61 bits per heavy atom. The Balaban J connectivity index is 1.90. The summed E-state index contributed by atoms with van der Waals surface area (Å²) in [6.45, 7) is 6.89. The second-order valence-corrected chi connectivity index (χ2v) is 8.50. The number of benzene rings is 1. The number of nitrogens with one attached hydrogen (secondary N) is 2. The molecule has 3 rings (SSSR count). The molecule has 0 spiro atoms. The van der Waals surface area contributed by atoms with E-state index in [2.05, 4.69) is 22.5 Å². The zero-order chi connectivity index (χ0) is 22.8. The average Bonchev–Trinajstić information content (AvgIpc) is 3.16. The molecule has 0 saturated carbocycles. The monoisotopic (exact) mass is 433 g/mol. The van der Waals surface area contributed by atoms with Crippen LogP contribution in [0.5, 0.6) is 0 Å². The van der Waals surface area contributed by atoms with Crippen molar-refractivity contribution < 1.29 is 17.9 Å². The summed E-state index contributed by atoms with van der Waals surface area (Å²) in [5.74, 6) is -1.15. The average molecular weight is 434 g/mol. The van der Waals surface area contributed by atoms with Crippen LogP contribution in [0.2, 0.25) is 0 Å². The van der Waals surface area contributed by atoms with Crippen LogP contribution in [0, 0.1) is 11.6 Å². The minimum Gasteiger partial charge on any atom is -0.386 e. The van der Waals surface area contributed by atoms with E-state index in [0.717, 1.165) is 24.6 Å². The Labute approximate surface area is 181 Å². The molecule has 0 radical (unpaired) electrons. The highest BCUT2D eigenvalue weighted by Gasteiger charge is 2.25. The molecule has 31 heavy (non-hydrogen) atoms. The van der Waals surface area contributed by atoms with E-state index < -0.39 is 23.3 Å². The minimum absolute atomic E-state index is 0.00397. The predicted octanol–water partition coefficient (Wildman–Crippen LogP) is 5.64. The van der Waals surface area contributed by atoms with Gasteiger partial charge in [-0.3, -0.25) is 4.98 Å². The first kappa shape index (κ1) is 23.1. The molecule has 4 nitrogen and oxygen atoms in total. The highest BCUT2D eigenvalue weighted by Crippen LogP contribution is 2.33. The number of rotatable bonds is 8. The van der Waals surface area contributed by atoms with Crippen LogP contribution in [0.4, 0.5) is 13.2 Å². The maximum Gasteiger partial charge on any atom is 0.133 e. The topological polar surface area (TPSA) is 46.2 Å². The second kappa shape index (κ2) is 9.30. The summed E-state index contributed by atoms with van der Waals surface area (Å²) in [5.41, 5.74) is 0.589. The summed E-state index contributed by atoms with van der Waals surface area (Å²) in [6, 6.07) is 3.73. The first-order valence-electron chi connectivity index (χ1n) is 10.5. The first-order valence-corrected chi connectivity index (χ1v) is 10.5. The van der Waals surface area contributed by atoms with E-state index in [9.17, 15) is 8.78 Å². The molecule has 1 aliphatic heterocycles. The summed E-state index contributed by atoms with van der Waals surface area (Å²) in [6.07, 6.45) is 5.15. The molecule has 0 amide bonds. The lowest BCUT2D eigenvalue weighted by atomic mass is 9.93. The van der Waals surface area contributed by atoms with Gasteiger partial charge in [0.05, 0.1) is 18.3 Å². The molecule has 2 heterocycles. The molecular weight excluding hydrogens is 403 g/mol. The molecule has 0 bridgehead atoms. The van der Waals surface area contributed by atoms with Crippen LogP contribution in [-0.2, 0) is 17.0 Å². The normalized spacial score (nSPS) is 17.3. The fourth-order valence-electron chi connectivity index (χ4n) is 3.87. The van der Waals surface area contributed by atoms with E-state index in [1.165, 1.54) is 39.3 Å². The zero-order valence-corrected chi connectivity index (χ0v) is 18.7. The fourth-order valence-corrected chi connectivity index (χ4v) is 3.87. The van der Waals surface area contributed by atoms with E-state index in [0.29, 0.717) is 17.2 Å². The van der Waals surface area contributed by atoms with Crippen molar-refractivity contribution in [2.75, 3.05) is 7.11 Å². The van der Waals surface area contributed by atoms with Crippen molar-refractivity contribution >= 4 is 0 Å². The van der Waals surface area contributed by atoms with Gasteiger partial charge >= 0.3 is 0 Å². The van der Waals surface area contributed by atoms with Crippen molar-refractivity contribution in [3.05, 3.63) is 64.6 Å². The lowest BCUT2D eigenvalue weighted by molar-refractivity contribution is 0.173. The number of hydrogen-bond acceptors (Lipinski definition) is 4. The molecule has 2 aromatic rings. The van der Waals surface area contributed by atoms with Gasteiger partial charge in [-0.2, -0.15) is 0 Å². The number of hydrogen-bond donors (Lipinski definition) is 2. The van der Waals surface area contributed by atoms with Crippen LogP contribution in [0.15, 0.2) is 36.3 Å². The molecule has 2 atom stereocenters. The van der Waals surface area contributed by atoms with Gasteiger partial charge < -0.3 is 15.4 Å². The molecule has 1 aromatic heterocycles. The van der Waals surface area contributed by atoms with Crippen LogP contribution in [0.25, 0.3) is 11.3 Å². The van der Waals surface area contributed by atoms with Gasteiger partial charge in [0.1, 0.15) is 17.3 Å². The van der Waals surface area contributed by atoms with E-state index in [1.807, 2.05) is 6.20 Å². The smallest absolute Gasteiger partial charge is 0.133 e. The van der Waals surface area contributed by atoms with E-state index in [1.54, 1.807) is 6.92 Å². The Bertz CT molecular complexity index is 969. The van der Waals surface area contributed by atoms with Gasteiger partial charge in [0.2, 0.25) is 0 Å². The number of ether oxygens (including phenoxy) is 1. The molecule has 2 unspecified atom stereocenters. The van der Waals surface area contributed by atoms with Gasteiger partial charge in [0.25, 0.3) is 0 Å². The molecule has 7 heteroatoms. The molecule has 0 saturated heterocycles. The van der Waals surface area contributed by atoms with Crippen molar-refractivity contribution in [1.82, 2.24) is 15.6 Å². The largest absolute Gasteiger partial charge is 0.386 e. The quantitative estimate of drug-likeness (QED) is 0.565. The third kappa shape index (κ3) is 5.21. The Morgan fingerprint density at radius 1 is 1.26 bits per heavy atom. The van der Waals surface area contributed by atoms with Crippen LogP contribution < -0.4 is 10.6 Å². The summed E-state index contributed by atoms with van der Waals surface area (Å²) in [4.78, 5) is 4.23. The maximum absolute atomic E-state index is 15.0. The first-order chi connectivity index (χ1) is 14.6. The van der Waals surface area contributed by atoms with E-state index in [4.69, 9.17) is 4.74 Å². The van der Waals surface area contributed by atoms with Crippen LogP contribution in [-0.4, -0.2) is 18.1 Å². The Hall–Kier alpha value is -2.54. The molecule has 0 fully saturated rings. The SMILES string of the molecule is CCC1CC(NC(C)c2cc(F)c(-c3cc(C(C)(C)F)c(COC)cn3)cc2F)=CN1. The Morgan fingerprint density at radius 2 is 2.00 bits per heavy atom. The van der Waals surface area contributed by atoms with Gasteiger partial charge in [-0.25, -0.2) is 13.2 Å². The minimum atomic E-state index is -1.68. The van der Waals surface area contributed by atoms with Crippen molar-refractivity contribution in [3.63, 3.8) is 0 Å². The number of nitrogens with zero attached hydrogens (tertiary/aromatic N) is 1. The fraction of sp³-hybridized carbons (Fsp3) is 0.458. The second-order valence-electron chi connectivity index (χ2n) is 8.50. The summed E-state index contributed by atoms with van der Waals surface area (Å²) < 4.78 is 49.8. The molecule has 2 N–H and O–H groups in total. The van der Waals surface area contributed by atoms with Crippen LogP contribution >= 0.6 is 0 Å². The molecule has 168 valence electrons. The van der Waals surface area contributed by atoms with Crippen molar-refractivity contribution in [2.45, 2.75) is 64.9 Å². The highest BCUT2D eigenvalue weighted by molar-refractivity contribution is 5.62. The number of halogens is 3. The lowest BCUT2D eigenvalue weighted by Crippen LogP contribution is -2.20. The Kier molecular flexibility index (Phi) is 6.94. The van der Waals surface area contributed by atoms with Crippen molar-refractivity contribution in [1.29, 1.82) is 0 Å². The molecule has 1 aliphatic rings. The van der Waals surface area contributed by atoms with Crippen LogP contribution in [0.1, 0.15) is 63.3 Å². The van der Waals surface area contributed by atoms with Crippen molar-refractivity contribution in [3.8, 4) is 11.3 Å². The third-order valence-electron chi connectivity index (χ3n) is 5.61. The van der Waals surface area contributed by atoms with Gasteiger partial charge in [0, 0.05) is 54.4 Å². The highest BCUT2D eigenvalue weighted by atomic mass is 19.1. The number of pyridine rings is 1. The standard InChI is InChI=1S/C24H30F3N3O/c1-6-16-7-17(12-28-16)30-14(2)18-8-22(26)19(9-21(18)25)23-10-20(24(3,4)27)15(11-29-23)13-31-5/h8-12,14,16,28,30H,6-7,13H2,1-5H3. The predicted molar refractivity (Wildman–Crippen MR) is 116 cm³/mol. The zero-order valence-electron chi connectivity index (χ0n) is 18.7. The van der Waals surface area contributed by atoms with Gasteiger partial charge in [-0.05, 0) is 51.0 Å². The van der Waals surface area contributed by atoms with E-state index >= 15 is 4.39 Å². The summed E-state index contributed by atoms with van der Waals surface area (Å²) >= 11 is 0. The number of alkyl halides is 1. The number of methoxy groups -OCH3 is 1. The van der Waals surface area contributed by atoms with Crippen molar-refractivity contribution in [2.24, 2.45) is 0 Å². The van der Waals surface area contributed by atoms with Gasteiger partial charge in [-0.15, -0.1) is 0 Å². The van der Waals surface area contributed by atoms with E-state index in [-0.39, 0.29) is 23.4 Å². The lowest BCUT2D eigenvalue weighted by Gasteiger charge is -2.21.